The number of carbonyl (C=O) groups is 2. The van der Waals surface area contributed by atoms with E-state index in [0.717, 1.165) is 6.07 Å². The van der Waals surface area contributed by atoms with Gasteiger partial charge in [0.05, 0.1) is 5.69 Å². The van der Waals surface area contributed by atoms with Crippen LogP contribution in [0.2, 0.25) is 0 Å². The number of urea groups is 1. The summed E-state index contributed by atoms with van der Waals surface area (Å²) in [5, 5.41) is 5.10. The van der Waals surface area contributed by atoms with Crippen molar-refractivity contribution in [3.63, 3.8) is 0 Å². The smallest absolute Gasteiger partial charge is 0.322 e. The third-order valence-corrected chi connectivity index (χ3v) is 4.01. The van der Waals surface area contributed by atoms with E-state index in [2.05, 4.69) is 26.6 Å². The molecule has 1 saturated heterocycles. The molecule has 22 heavy (non-hydrogen) atoms. The monoisotopic (exact) mass is 375 g/mol. The Morgan fingerprint density at radius 3 is 2.73 bits per heavy atom. The van der Waals surface area contributed by atoms with E-state index < -0.39 is 23.7 Å². The molecule has 1 aliphatic heterocycles. The zero-order valence-corrected chi connectivity index (χ0v) is 13.7. The van der Waals surface area contributed by atoms with E-state index >= 15 is 0 Å². The molecular formula is C14H16BrF2N3O2. The van der Waals surface area contributed by atoms with Crippen LogP contribution in [0.5, 0.6) is 0 Å². The highest BCUT2D eigenvalue weighted by molar-refractivity contribution is 9.10. The zero-order chi connectivity index (χ0) is 16.4. The number of piperazine rings is 1. The van der Waals surface area contributed by atoms with Crippen LogP contribution in [0.4, 0.5) is 19.3 Å². The van der Waals surface area contributed by atoms with Gasteiger partial charge >= 0.3 is 6.03 Å². The lowest BCUT2D eigenvalue weighted by Crippen LogP contribution is -2.60. The van der Waals surface area contributed by atoms with Gasteiger partial charge < -0.3 is 15.5 Å². The Morgan fingerprint density at radius 2 is 2.14 bits per heavy atom. The van der Waals surface area contributed by atoms with Crippen LogP contribution in [0.15, 0.2) is 16.6 Å². The highest BCUT2D eigenvalue weighted by Crippen LogP contribution is 2.27. The van der Waals surface area contributed by atoms with Crippen molar-refractivity contribution in [1.29, 1.82) is 0 Å². The van der Waals surface area contributed by atoms with E-state index in [1.807, 2.05) is 13.8 Å². The fourth-order valence-corrected chi connectivity index (χ4v) is 2.92. The molecule has 8 heteroatoms. The van der Waals surface area contributed by atoms with E-state index in [-0.39, 0.29) is 22.0 Å². The van der Waals surface area contributed by atoms with Gasteiger partial charge in [-0.3, -0.25) is 4.79 Å². The molecule has 0 saturated carbocycles. The van der Waals surface area contributed by atoms with Gasteiger partial charge in [-0.2, -0.15) is 0 Å². The van der Waals surface area contributed by atoms with Crippen molar-refractivity contribution in [1.82, 2.24) is 10.2 Å². The maximum absolute atomic E-state index is 13.8. The number of hydrogen-bond donors (Lipinski definition) is 2. The molecule has 5 nitrogen and oxygen atoms in total. The summed E-state index contributed by atoms with van der Waals surface area (Å²) >= 11 is 3.01. The lowest BCUT2D eigenvalue weighted by atomic mass is 10.00. The molecule has 0 radical (unpaired) electrons. The highest BCUT2D eigenvalue weighted by atomic mass is 79.9. The van der Waals surface area contributed by atoms with Gasteiger partial charge in [0.1, 0.15) is 11.9 Å². The predicted octanol–water partition coefficient (Wildman–Crippen LogP) is 2.72. The Morgan fingerprint density at radius 1 is 1.45 bits per heavy atom. The zero-order valence-electron chi connectivity index (χ0n) is 12.1. The van der Waals surface area contributed by atoms with Gasteiger partial charge in [0.2, 0.25) is 5.91 Å². The second-order valence-corrected chi connectivity index (χ2v) is 6.20. The van der Waals surface area contributed by atoms with Gasteiger partial charge in [-0.15, -0.1) is 0 Å². The van der Waals surface area contributed by atoms with Crippen molar-refractivity contribution < 1.29 is 18.4 Å². The van der Waals surface area contributed by atoms with Gasteiger partial charge in [0, 0.05) is 23.6 Å². The molecule has 1 fully saturated rings. The van der Waals surface area contributed by atoms with Crippen molar-refractivity contribution in [2.24, 2.45) is 5.92 Å². The Kier molecular flexibility index (Phi) is 5.00. The molecule has 1 aromatic rings. The summed E-state index contributed by atoms with van der Waals surface area (Å²) in [4.78, 5) is 25.6. The number of hydrogen-bond acceptors (Lipinski definition) is 2. The van der Waals surface area contributed by atoms with Crippen LogP contribution < -0.4 is 10.6 Å². The summed E-state index contributed by atoms with van der Waals surface area (Å²) in [7, 11) is 0. The first-order chi connectivity index (χ1) is 10.3. The first kappa shape index (κ1) is 16.7. The fourth-order valence-electron chi connectivity index (χ4n) is 2.42. The molecule has 1 aromatic carbocycles. The standard InChI is InChI=1S/C14H16BrF2N3O2/c1-7(2)12-13(21)18-3-4-20(12)14(22)19-11-9(15)5-8(16)6-10(11)17/h5-7,12H,3-4H2,1-2H3,(H,18,21)(H,19,22). The largest absolute Gasteiger partial charge is 0.353 e. The first-order valence-electron chi connectivity index (χ1n) is 6.81. The molecule has 120 valence electrons. The SMILES string of the molecule is CC(C)C1C(=O)NCCN1C(=O)Nc1c(F)cc(F)cc1Br. The Balaban J connectivity index is 2.23. The van der Waals surface area contributed by atoms with Crippen molar-refractivity contribution >= 4 is 33.6 Å². The Labute approximate surface area is 135 Å². The molecule has 0 spiro atoms. The Bertz CT molecular complexity index is 587. The summed E-state index contributed by atoms with van der Waals surface area (Å²) in [6, 6.07) is 0.515. The van der Waals surface area contributed by atoms with Crippen LogP contribution in [0.25, 0.3) is 0 Å². The van der Waals surface area contributed by atoms with E-state index in [1.54, 1.807) is 0 Å². The maximum Gasteiger partial charge on any atom is 0.322 e. The molecule has 0 bridgehead atoms. The average molecular weight is 376 g/mol. The Hall–Kier alpha value is -1.70. The first-order valence-corrected chi connectivity index (χ1v) is 7.60. The lowest BCUT2D eigenvalue weighted by Gasteiger charge is -2.37. The number of benzene rings is 1. The maximum atomic E-state index is 13.8. The highest BCUT2D eigenvalue weighted by Gasteiger charge is 2.35. The van der Waals surface area contributed by atoms with Gasteiger partial charge in [-0.1, -0.05) is 13.8 Å². The van der Waals surface area contributed by atoms with E-state index in [0.29, 0.717) is 19.2 Å². The quantitative estimate of drug-likeness (QED) is 0.834. The molecule has 2 N–H and O–H groups in total. The number of nitrogens with one attached hydrogen (secondary N) is 2. The molecule has 2 rings (SSSR count). The molecule has 0 aromatic heterocycles. The van der Waals surface area contributed by atoms with Gasteiger partial charge in [0.25, 0.3) is 0 Å². The summed E-state index contributed by atoms with van der Waals surface area (Å²) in [6.07, 6.45) is 0. The van der Waals surface area contributed by atoms with Crippen LogP contribution >= 0.6 is 15.9 Å². The van der Waals surface area contributed by atoms with Crippen molar-refractivity contribution in [3.05, 3.63) is 28.2 Å². The number of halogens is 3. The minimum absolute atomic E-state index is 0.0902. The van der Waals surface area contributed by atoms with Gasteiger partial charge in [0.15, 0.2) is 5.82 Å². The minimum Gasteiger partial charge on any atom is -0.353 e. The van der Waals surface area contributed by atoms with Crippen LogP contribution in [0.1, 0.15) is 13.8 Å². The molecule has 1 unspecified atom stereocenters. The normalized spacial score (nSPS) is 18.4. The topological polar surface area (TPSA) is 61.4 Å². The van der Waals surface area contributed by atoms with E-state index in [1.165, 1.54) is 4.90 Å². The minimum atomic E-state index is -0.886. The molecule has 1 aliphatic rings. The summed E-state index contributed by atoms with van der Waals surface area (Å²) in [5.41, 5.74) is -0.153. The van der Waals surface area contributed by atoms with Crippen molar-refractivity contribution in [2.75, 3.05) is 18.4 Å². The third kappa shape index (κ3) is 3.37. The molecule has 0 aliphatic carbocycles. The fraction of sp³-hybridized carbons (Fsp3) is 0.429. The van der Waals surface area contributed by atoms with E-state index in [9.17, 15) is 18.4 Å². The predicted molar refractivity (Wildman–Crippen MR) is 81.4 cm³/mol. The van der Waals surface area contributed by atoms with Gasteiger partial charge in [-0.05, 0) is 27.9 Å². The molecular weight excluding hydrogens is 360 g/mol. The summed E-state index contributed by atoms with van der Waals surface area (Å²) in [6.45, 7) is 4.30. The number of carbonyl (C=O) groups excluding carboxylic acids is 2. The number of amides is 3. The van der Waals surface area contributed by atoms with Crippen LogP contribution in [0.3, 0.4) is 0 Å². The molecule has 1 atom stereocenters. The van der Waals surface area contributed by atoms with Crippen LogP contribution in [-0.2, 0) is 4.79 Å². The molecule has 1 heterocycles. The second kappa shape index (κ2) is 6.60. The van der Waals surface area contributed by atoms with Crippen molar-refractivity contribution in [2.45, 2.75) is 19.9 Å². The van der Waals surface area contributed by atoms with Crippen molar-refractivity contribution in [3.8, 4) is 0 Å². The third-order valence-electron chi connectivity index (χ3n) is 3.39. The van der Waals surface area contributed by atoms with Gasteiger partial charge in [-0.25, -0.2) is 13.6 Å². The van der Waals surface area contributed by atoms with E-state index in [4.69, 9.17) is 0 Å². The second-order valence-electron chi connectivity index (χ2n) is 5.35. The molecule has 3 amide bonds. The lowest BCUT2D eigenvalue weighted by molar-refractivity contribution is -0.129. The summed E-state index contributed by atoms with van der Waals surface area (Å²) in [5.74, 6) is -1.97. The van der Waals surface area contributed by atoms with Crippen LogP contribution in [0, 0.1) is 17.6 Å². The number of rotatable bonds is 2. The number of nitrogens with zero attached hydrogens (tertiary/aromatic N) is 1. The van der Waals surface area contributed by atoms with Crippen LogP contribution in [-0.4, -0.2) is 36.0 Å². The number of anilines is 1. The average Bonchev–Trinajstić information content (AvgIpc) is 2.41. The summed E-state index contributed by atoms with van der Waals surface area (Å²) < 4.78 is 27.0.